The molecule has 4 rings (SSSR count). The van der Waals surface area contributed by atoms with Crippen molar-refractivity contribution in [3.8, 4) is 17.3 Å². The third kappa shape index (κ3) is 3.68. The Hall–Kier alpha value is -3.74. The van der Waals surface area contributed by atoms with E-state index < -0.39 is 0 Å². The molecule has 0 aliphatic heterocycles. The van der Waals surface area contributed by atoms with Gasteiger partial charge >= 0.3 is 6.01 Å². The van der Waals surface area contributed by atoms with Crippen LogP contribution in [0.1, 0.15) is 11.1 Å². The first-order valence-electron chi connectivity index (χ1n) is 8.85. The number of hydrogen-bond donors (Lipinski definition) is 1. The number of aryl methyl sites for hydroxylation is 2. The minimum atomic E-state index is -0.279. The molecule has 0 spiro atoms. The summed E-state index contributed by atoms with van der Waals surface area (Å²) in [6, 6.07) is 11.8. The summed E-state index contributed by atoms with van der Waals surface area (Å²) in [5, 5.41) is 2.88. The maximum absolute atomic E-state index is 12.3. The van der Waals surface area contributed by atoms with Gasteiger partial charge in [-0.3, -0.25) is 4.79 Å². The Morgan fingerprint density at radius 1 is 1.11 bits per heavy atom. The van der Waals surface area contributed by atoms with Crippen LogP contribution in [0.2, 0.25) is 0 Å². The largest absolute Gasteiger partial charge is 0.453 e. The number of rotatable bonds is 5. The zero-order valence-corrected chi connectivity index (χ0v) is 15.6. The number of nitrogens with zero attached hydrogens (tertiary/aromatic N) is 4. The van der Waals surface area contributed by atoms with Crippen molar-refractivity contribution in [2.45, 2.75) is 13.8 Å². The van der Waals surface area contributed by atoms with Crippen molar-refractivity contribution in [3.05, 3.63) is 72.3 Å². The number of imidazole rings is 1. The summed E-state index contributed by atoms with van der Waals surface area (Å²) in [6.07, 6.45) is 7.07. The van der Waals surface area contributed by atoms with Crippen LogP contribution in [-0.2, 0) is 4.79 Å². The van der Waals surface area contributed by atoms with Crippen LogP contribution in [0.15, 0.2) is 61.2 Å². The van der Waals surface area contributed by atoms with Crippen molar-refractivity contribution in [3.63, 3.8) is 0 Å². The minimum Gasteiger partial charge on any atom is -0.453 e. The molecule has 0 bridgehead atoms. The summed E-state index contributed by atoms with van der Waals surface area (Å²) in [5.41, 5.74) is 5.46. The molecule has 0 saturated carbocycles. The predicted octanol–water partition coefficient (Wildman–Crippen LogP) is 3.43. The van der Waals surface area contributed by atoms with Crippen LogP contribution in [0.25, 0.3) is 16.9 Å². The molecule has 1 N–H and O–H groups in total. The standard InChI is InChI=1S/C21H19N5O2/c1-14-6-7-16(18-12-26-10-3-5-15(2)20(26)25-18)11-17(14)24-19(27)13-28-21-22-8-4-9-23-21/h3-12H,13H2,1-2H3,(H,24,27). The topological polar surface area (TPSA) is 81.4 Å². The lowest BCUT2D eigenvalue weighted by Gasteiger charge is -2.10. The molecule has 0 unspecified atom stereocenters. The number of ether oxygens (including phenoxy) is 1. The third-order valence-electron chi connectivity index (χ3n) is 4.36. The highest BCUT2D eigenvalue weighted by Gasteiger charge is 2.11. The summed E-state index contributed by atoms with van der Waals surface area (Å²) in [7, 11) is 0. The van der Waals surface area contributed by atoms with E-state index in [0.717, 1.165) is 28.0 Å². The molecule has 1 amide bonds. The Kier molecular flexibility index (Phi) is 4.72. The van der Waals surface area contributed by atoms with Gasteiger partial charge in [0.25, 0.3) is 5.91 Å². The molecular formula is C21H19N5O2. The third-order valence-corrected chi connectivity index (χ3v) is 4.36. The van der Waals surface area contributed by atoms with Crippen molar-refractivity contribution in [1.82, 2.24) is 19.4 Å². The van der Waals surface area contributed by atoms with E-state index in [2.05, 4.69) is 15.3 Å². The highest BCUT2D eigenvalue weighted by molar-refractivity contribution is 5.93. The van der Waals surface area contributed by atoms with Crippen LogP contribution in [0, 0.1) is 13.8 Å². The number of hydrogen-bond acceptors (Lipinski definition) is 5. The zero-order valence-electron chi connectivity index (χ0n) is 15.6. The molecule has 0 radical (unpaired) electrons. The number of fused-ring (bicyclic) bond motifs is 1. The smallest absolute Gasteiger partial charge is 0.316 e. The SMILES string of the molecule is Cc1ccc(-c2cn3cccc(C)c3n2)cc1NC(=O)COc1ncccn1. The van der Waals surface area contributed by atoms with Crippen LogP contribution in [0.4, 0.5) is 5.69 Å². The molecule has 28 heavy (non-hydrogen) atoms. The minimum absolute atomic E-state index is 0.165. The Morgan fingerprint density at radius 3 is 2.71 bits per heavy atom. The van der Waals surface area contributed by atoms with E-state index in [0.29, 0.717) is 5.69 Å². The number of pyridine rings is 1. The molecule has 140 valence electrons. The fourth-order valence-corrected chi connectivity index (χ4v) is 2.89. The van der Waals surface area contributed by atoms with Gasteiger partial charge < -0.3 is 14.5 Å². The first-order valence-corrected chi connectivity index (χ1v) is 8.85. The Bertz CT molecular complexity index is 1140. The molecule has 3 aromatic heterocycles. The predicted molar refractivity (Wildman–Crippen MR) is 106 cm³/mol. The summed E-state index contributed by atoms with van der Waals surface area (Å²) < 4.78 is 7.29. The maximum atomic E-state index is 12.3. The summed E-state index contributed by atoms with van der Waals surface area (Å²) in [5.74, 6) is -0.279. The highest BCUT2D eigenvalue weighted by Crippen LogP contribution is 2.26. The van der Waals surface area contributed by atoms with Crippen molar-refractivity contribution < 1.29 is 9.53 Å². The van der Waals surface area contributed by atoms with Crippen LogP contribution >= 0.6 is 0 Å². The first kappa shape index (κ1) is 17.7. The number of nitrogens with one attached hydrogen (secondary N) is 1. The molecular weight excluding hydrogens is 354 g/mol. The second-order valence-corrected chi connectivity index (χ2v) is 6.45. The van der Waals surface area contributed by atoms with Crippen LogP contribution in [-0.4, -0.2) is 31.9 Å². The number of anilines is 1. The molecule has 1 aromatic carbocycles. The van der Waals surface area contributed by atoms with Gasteiger partial charge in [0.1, 0.15) is 5.65 Å². The summed E-state index contributed by atoms with van der Waals surface area (Å²) in [6.45, 7) is 3.80. The van der Waals surface area contributed by atoms with Crippen molar-refractivity contribution >= 4 is 17.2 Å². The monoisotopic (exact) mass is 373 g/mol. The molecule has 0 aliphatic rings. The van der Waals surface area contributed by atoms with Gasteiger partial charge in [0.15, 0.2) is 6.61 Å². The lowest BCUT2D eigenvalue weighted by molar-refractivity contribution is -0.118. The molecule has 0 saturated heterocycles. The Labute approximate surface area is 162 Å². The van der Waals surface area contributed by atoms with E-state index in [-0.39, 0.29) is 18.5 Å². The van der Waals surface area contributed by atoms with Crippen LogP contribution < -0.4 is 10.1 Å². The number of carbonyl (C=O) groups is 1. The van der Waals surface area contributed by atoms with Gasteiger partial charge in [0.2, 0.25) is 0 Å². The number of carbonyl (C=O) groups excluding carboxylic acids is 1. The van der Waals surface area contributed by atoms with E-state index in [1.54, 1.807) is 18.5 Å². The second-order valence-electron chi connectivity index (χ2n) is 6.45. The molecule has 3 heterocycles. The fourth-order valence-electron chi connectivity index (χ4n) is 2.89. The Morgan fingerprint density at radius 2 is 1.93 bits per heavy atom. The van der Waals surface area contributed by atoms with Crippen molar-refractivity contribution in [2.24, 2.45) is 0 Å². The van der Waals surface area contributed by atoms with Gasteiger partial charge in [0.05, 0.1) is 5.69 Å². The van der Waals surface area contributed by atoms with Crippen molar-refractivity contribution in [1.29, 1.82) is 0 Å². The first-order chi connectivity index (χ1) is 13.6. The zero-order chi connectivity index (χ0) is 19.5. The number of aromatic nitrogens is 4. The molecule has 4 aromatic rings. The maximum Gasteiger partial charge on any atom is 0.316 e. The molecule has 7 nitrogen and oxygen atoms in total. The van der Waals surface area contributed by atoms with Gasteiger partial charge in [-0.15, -0.1) is 0 Å². The van der Waals surface area contributed by atoms with E-state index in [4.69, 9.17) is 9.72 Å². The highest BCUT2D eigenvalue weighted by atomic mass is 16.5. The normalized spacial score (nSPS) is 10.8. The lowest BCUT2D eigenvalue weighted by Crippen LogP contribution is -2.21. The van der Waals surface area contributed by atoms with Gasteiger partial charge in [-0.25, -0.2) is 15.0 Å². The van der Waals surface area contributed by atoms with E-state index in [9.17, 15) is 4.79 Å². The van der Waals surface area contributed by atoms with Crippen LogP contribution in [0.3, 0.4) is 0 Å². The molecule has 7 heteroatoms. The van der Waals surface area contributed by atoms with E-state index in [1.165, 1.54) is 0 Å². The van der Waals surface area contributed by atoms with Crippen LogP contribution in [0.5, 0.6) is 6.01 Å². The summed E-state index contributed by atoms with van der Waals surface area (Å²) >= 11 is 0. The number of benzene rings is 1. The van der Waals surface area contributed by atoms with Gasteiger partial charge in [0, 0.05) is 36.0 Å². The van der Waals surface area contributed by atoms with Crippen molar-refractivity contribution in [2.75, 3.05) is 11.9 Å². The summed E-state index contributed by atoms with van der Waals surface area (Å²) in [4.78, 5) is 24.8. The van der Waals surface area contributed by atoms with Gasteiger partial charge in [-0.2, -0.15) is 0 Å². The lowest BCUT2D eigenvalue weighted by atomic mass is 10.1. The number of amides is 1. The van der Waals surface area contributed by atoms with E-state index in [1.807, 2.05) is 61.0 Å². The van der Waals surface area contributed by atoms with Gasteiger partial charge in [-0.05, 0) is 43.2 Å². The van der Waals surface area contributed by atoms with Gasteiger partial charge in [-0.1, -0.05) is 18.2 Å². The fraction of sp³-hybridized carbons (Fsp3) is 0.143. The second kappa shape index (κ2) is 7.48. The molecule has 0 fully saturated rings. The average Bonchev–Trinajstić information content (AvgIpc) is 3.15. The van der Waals surface area contributed by atoms with E-state index >= 15 is 0 Å². The molecule has 0 atom stereocenters. The Balaban J connectivity index is 1.53. The quantitative estimate of drug-likeness (QED) is 0.580. The average molecular weight is 373 g/mol. The molecule has 0 aliphatic carbocycles.